The summed E-state index contributed by atoms with van der Waals surface area (Å²) in [6.45, 7) is 6.59. The first-order valence-corrected chi connectivity index (χ1v) is 9.39. The lowest BCUT2D eigenvalue weighted by Gasteiger charge is -2.11. The Morgan fingerprint density at radius 2 is 1.79 bits per heavy atom. The molecule has 5 nitrogen and oxygen atoms in total. The number of methoxy groups -OCH3 is 1. The second-order valence-electron chi connectivity index (χ2n) is 7.08. The summed E-state index contributed by atoms with van der Waals surface area (Å²) < 4.78 is 8.83. The number of hydrogen-bond acceptors (Lipinski definition) is 3. The lowest BCUT2D eigenvalue weighted by Crippen LogP contribution is -2.25. The van der Waals surface area contributed by atoms with Gasteiger partial charge in [0.2, 0.25) is 0 Å². The Morgan fingerprint density at radius 1 is 1.07 bits per heavy atom. The second-order valence-corrected chi connectivity index (χ2v) is 7.08. The van der Waals surface area contributed by atoms with E-state index in [1.54, 1.807) is 32.4 Å². The zero-order chi connectivity index (χ0) is 20.3. The first-order valence-electron chi connectivity index (χ1n) is 9.39. The summed E-state index contributed by atoms with van der Waals surface area (Å²) in [6, 6.07) is 13.5. The summed E-state index contributed by atoms with van der Waals surface area (Å²) in [7, 11) is 1.66. The van der Waals surface area contributed by atoms with E-state index >= 15 is 0 Å². The van der Waals surface area contributed by atoms with Crippen molar-refractivity contribution in [2.75, 3.05) is 7.11 Å². The summed E-state index contributed by atoms with van der Waals surface area (Å²) >= 11 is 0. The minimum atomic E-state index is -0.121. The first-order chi connectivity index (χ1) is 13.4. The maximum Gasteiger partial charge on any atom is 0.253 e. The molecule has 0 spiro atoms. The van der Waals surface area contributed by atoms with Gasteiger partial charge in [0.05, 0.1) is 13.7 Å². The van der Waals surface area contributed by atoms with Gasteiger partial charge in [-0.25, -0.2) is 0 Å². The highest BCUT2D eigenvalue weighted by Gasteiger charge is 2.16. The molecule has 3 aromatic rings. The number of rotatable bonds is 7. The van der Waals surface area contributed by atoms with E-state index in [9.17, 15) is 9.59 Å². The van der Waals surface area contributed by atoms with Crippen LogP contribution in [0, 0.1) is 20.8 Å². The predicted molar refractivity (Wildman–Crippen MR) is 110 cm³/mol. The van der Waals surface area contributed by atoms with Crippen LogP contribution in [0.5, 0.6) is 5.75 Å². The molecule has 146 valence electrons. The molecule has 0 N–H and O–H groups in total. The summed E-state index contributed by atoms with van der Waals surface area (Å²) in [4.78, 5) is 25.0. The third-order valence-corrected chi connectivity index (χ3v) is 5.18. The topological polar surface area (TPSA) is 53.2 Å². The van der Waals surface area contributed by atoms with Crippen LogP contribution in [0.2, 0.25) is 0 Å². The van der Waals surface area contributed by atoms with E-state index in [1.807, 2.05) is 32.0 Å². The third-order valence-electron chi connectivity index (χ3n) is 5.18. The van der Waals surface area contributed by atoms with E-state index in [2.05, 4.69) is 16.7 Å². The highest BCUT2D eigenvalue weighted by molar-refractivity contribution is 5.97. The number of ketones is 1. The molecule has 0 radical (unpaired) electrons. The molecule has 5 heteroatoms. The Morgan fingerprint density at radius 3 is 2.46 bits per heavy atom. The van der Waals surface area contributed by atoms with Crippen molar-refractivity contribution in [3.05, 3.63) is 87.1 Å². The van der Waals surface area contributed by atoms with Crippen LogP contribution in [0.3, 0.4) is 0 Å². The van der Waals surface area contributed by atoms with Crippen LogP contribution in [0.1, 0.15) is 32.9 Å². The molecule has 0 saturated carbocycles. The summed E-state index contributed by atoms with van der Waals surface area (Å²) in [5.41, 5.74) is 4.40. The van der Waals surface area contributed by atoms with Gasteiger partial charge in [0.25, 0.3) is 5.56 Å². The van der Waals surface area contributed by atoms with Gasteiger partial charge < -0.3 is 13.9 Å². The quantitative estimate of drug-likeness (QED) is 0.589. The molecule has 0 aliphatic rings. The minimum Gasteiger partial charge on any atom is -0.497 e. The first kappa shape index (κ1) is 19.7. The second kappa shape index (κ2) is 8.30. The molecular weight excluding hydrogens is 352 g/mol. The molecule has 2 aromatic heterocycles. The molecular formula is C23H26N2O3. The molecule has 2 heterocycles. The lowest BCUT2D eigenvalue weighted by molar-refractivity contribution is 0.0970. The molecule has 0 aliphatic carbocycles. The van der Waals surface area contributed by atoms with Gasteiger partial charge in [0, 0.05) is 35.3 Å². The van der Waals surface area contributed by atoms with Crippen molar-refractivity contribution >= 4 is 5.78 Å². The number of carbonyl (C=O) groups excluding carboxylic acids is 1. The molecule has 0 atom stereocenters. The molecule has 3 rings (SSSR count). The number of hydrogen-bond donors (Lipinski definition) is 0. The zero-order valence-electron chi connectivity index (χ0n) is 16.9. The SMILES string of the molecule is COc1ccc(CCn2c(C)cc(C(=O)Cn3cccc(C)c3=O)c2C)cc1. The molecule has 0 unspecified atom stereocenters. The minimum absolute atomic E-state index is 0.0449. The molecule has 0 aliphatic heterocycles. The Kier molecular flexibility index (Phi) is 5.83. The van der Waals surface area contributed by atoms with Crippen molar-refractivity contribution in [3.63, 3.8) is 0 Å². The molecule has 0 saturated heterocycles. The van der Waals surface area contributed by atoms with Crippen LogP contribution in [0.15, 0.2) is 53.5 Å². The Labute approximate surface area is 165 Å². The molecule has 0 bridgehead atoms. The maximum absolute atomic E-state index is 12.8. The van der Waals surface area contributed by atoms with Gasteiger partial charge >= 0.3 is 0 Å². The number of pyridine rings is 1. The number of aromatic nitrogens is 2. The van der Waals surface area contributed by atoms with Gasteiger partial charge in [-0.1, -0.05) is 18.2 Å². The van der Waals surface area contributed by atoms with Crippen molar-refractivity contribution in [1.29, 1.82) is 0 Å². The van der Waals surface area contributed by atoms with Crippen LogP contribution in [0.25, 0.3) is 0 Å². The zero-order valence-corrected chi connectivity index (χ0v) is 16.9. The number of carbonyl (C=O) groups is 1. The fraction of sp³-hybridized carbons (Fsp3) is 0.304. The van der Waals surface area contributed by atoms with E-state index in [0.29, 0.717) is 11.1 Å². The van der Waals surface area contributed by atoms with E-state index in [0.717, 1.165) is 30.1 Å². The monoisotopic (exact) mass is 378 g/mol. The number of ether oxygens (including phenoxy) is 1. The van der Waals surface area contributed by atoms with Crippen LogP contribution >= 0.6 is 0 Å². The van der Waals surface area contributed by atoms with Crippen molar-refractivity contribution in [1.82, 2.24) is 9.13 Å². The van der Waals surface area contributed by atoms with Gasteiger partial charge in [-0.3, -0.25) is 9.59 Å². The smallest absolute Gasteiger partial charge is 0.253 e. The average molecular weight is 378 g/mol. The molecule has 28 heavy (non-hydrogen) atoms. The number of aryl methyl sites for hydroxylation is 3. The van der Waals surface area contributed by atoms with Gasteiger partial charge in [-0.05, 0) is 57.0 Å². The van der Waals surface area contributed by atoms with Crippen LogP contribution in [0.4, 0.5) is 0 Å². The van der Waals surface area contributed by atoms with Gasteiger partial charge in [0.1, 0.15) is 5.75 Å². The van der Waals surface area contributed by atoms with Crippen LogP contribution < -0.4 is 10.3 Å². The standard InChI is InChI=1S/C23H26N2O3/c1-16-6-5-12-24(23(16)27)15-22(26)21-14-17(2)25(18(21)3)13-11-19-7-9-20(28-4)10-8-19/h5-10,12,14H,11,13,15H2,1-4H3. The highest BCUT2D eigenvalue weighted by atomic mass is 16.5. The Balaban J connectivity index is 1.76. The van der Waals surface area contributed by atoms with E-state index in [-0.39, 0.29) is 17.9 Å². The van der Waals surface area contributed by atoms with Crippen molar-refractivity contribution in [3.8, 4) is 5.75 Å². The van der Waals surface area contributed by atoms with E-state index in [1.165, 1.54) is 10.1 Å². The van der Waals surface area contributed by atoms with Crippen molar-refractivity contribution in [2.24, 2.45) is 0 Å². The van der Waals surface area contributed by atoms with Gasteiger partial charge in [-0.2, -0.15) is 0 Å². The normalized spacial score (nSPS) is 10.9. The number of Topliss-reactive ketones (excluding diaryl/α,β-unsaturated/α-hetero) is 1. The summed E-state index contributed by atoms with van der Waals surface area (Å²) in [5, 5.41) is 0. The molecule has 1 aromatic carbocycles. The molecule has 0 fully saturated rings. The summed E-state index contributed by atoms with van der Waals surface area (Å²) in [5.74, 6) is 0.799. The Bertz CT molecular complexity index is 1040. The highest BCUT2D eigenvalue weighted by Crippen LogP contribution is 2.18. The lowest BCUT2D eigenvalue weighted by atomic mass is 10.1. The predicted octanol–water partition coefficient (Wildman–Crippen LogP) is 3.71. The van der Waals surface area contributed by atoms with Crippen molar-refractivity contribution < 1.29 is 9.53 Å². The van der Waals surface area contributed by atoms with Gasteiger partial charge in [-0.15, -0.1) is 0 Å². The number of benzene rings is 1. The van der Waals surface area contributed by atoms with Crippen molar-refractivity contribution in [2.45, 2.75) is 40.3 Å². The average Bonchev–Trinajstić information content (AvgIpc) is 2.98. The number of nitrogens with zero attached hydrogens (tertiary/aromatic N) is 2. The third kappa shape index (κ3) is 4.09. The van der Waals surface area contributed by atoms with Crippen LogP contribution in [-0.2, 0) is 19.5 Å². The largest absolute Gasteiger partial charge is 0.497 e. The maximum atomic E-state index is 12.8. The summed E-state index contributed by atoms with van der Waals surface area (Å²) in [6.07, 6.45) is 2.53. The fourth-order valence-electron chi connectivity index (χ4n) is 3.48. The van der Waals surface area contributed by atoms with E-state index in [4.69, 9.17) is 4.74 Å². The van der Waals surface area contributed by atoms with Gasteiger partial charge in [0.15, 0.2) is 5.78 Å². The van der Waals surface area contributed by atoms with E-state index < -0.39 is 0 Å². The molecule has 0 amide bonds. The Hall–Kier alpha value is -3.08. The fourth-order valence-corrected chi connectivity index (χ4v) is 3.48. The van der Waals surface area contributed by atoms with Crippen LogP contribution in [-0.4, -0.2) is 22.0 Å².